The molecule has 2 amide bonds. The second kappa shape index (κ2) is 7.80. The maximum Gasteiger partial charge on any atom is 0.274 e. The number of benzene rings is 2. The lowest BCUT2D eigenvalue weighted by atomic mass is 10.1. The molecule has 1 atom stereocenters. The van der Waals surface area contributed by atoms with Gasteiger partial charge in [0.2, 0.25) is 5.91 Å². The summed E-state index contributed by atoms with van der Waals surface area (Å²) in [6.45, 7) is 6.29. The predicted molar refractivity (Wildman–Crippen MR) is 108 cm³/mol. The van der Waals surface area contributed by atoms with Crippen LogP contribution in [0.25, 0.3) is 0 Å². The van der Waals surface area contributed by atoms with Gasteiger partial charge >= 0.3 is 0 Å². The molecule has 28 heavy (non-hydrogen) atoms. The highest BCUT2D eigenvalue weighted by Gasteiger charge is 2.36. The van der Waals surface area contributed by atoms with E-state index in [0.717, 1.165) is 16.8 Å². The first-order chi connectivity index (χ1) is 13.3. The molecule has 146 valence electrons. The summed E-state index contributed by atoms with van der Waals surface area (Å²) in [4.78, 5) is 26.7. The van der Waals surface area contributed by atoms with Crippen molar-refractivity contribution in [1.82, 2.24) is 0 Å². The Hall–Kier alpha value is -3.22. The number of primary amides is 1. The Morgan fingerprint density at radius 3 is 2.46 bits per heavy atom. The fourth-order valence-electron chi connectivity index (χ4n) is 3.38. The summed E-state index contributed by atoms with van der Waals surface area (Å²) >= 11 is 0. The van der Waals surface area contributed by atoms with Crippen molar-refractivity contribution in [2.45, 2.75) is 33.2 Å². The van der Waals surface area contributed by atoms with E-state index in [4.69, 9.17) is 5.73 Å². The smallest absolute Gasteiger partial charge is 0.274 e. The molecule has 1 aliphatic heterocycles. The second-order valence-corrected chi connectivity index (χ2v) is 6.83. The molecule has 0 radical (unpaired) electrons. The van der Waals surface area contributed by atoms with Crippen molar-refractivity contribution in [2.75, 3.05) is 16.5 Å². The average molecular weight is 382 g/mol. The van der Waals surface area contributed by atoms with E-state index in [1.54, 1.807) is 4.90 Å². The molecule has 2 N–H and O–H groups in total. The van der Waals surface area contributed by atoms with Crippen molar-refractivity contribution in [1.29, 1.82) is 0 Å². The first-order valence-electron chi connectivity index (χ1n) is 9.12. The van der Waals surface area contributed by atoms with Gasteiger partial charge in [0, 0.05) is 18.7 Å². The fraction of sp³-hybridized carbons (Fsp3) is 0.286. The van der Waals surface area contributed by atoms with Crippen LogP contribution < -0.4 is 15.6 Å². The van der Waals surface area contributed by atoms with Crippen molar-refractivity contribution in [2.24, 2.45) is 10.8 Å². The summed E-state index contributed by atoms with van der Waals surface area (Å²) in [5, 5.41) is 5.76. The molecule has 2 aromatic rings. The minimum Gasteiger partial charge on any atom is -0.368 e. The van der Waals surface area contributed by atoms with E-state index >= 15 is 0 Å². The zero-order valence-corrected chi connectivity index (χ0v) is 16.1. The molecular weight excluding hydrogens is 359 g/mol. The molecule has 2 aromatic carbocycles. The number of hydrazone groups is 1. The molecule has 0 saturated carbocycles. The van der Waals surface area contributed by atoms with Crippen LogP contribution in [-0.4, -0.2) is 30.1 Å². The molecule has 7 heteroatoms. The van der Waals surface area contributed by atoms with Gasteiger partial charge in [0.05, 0.1) is 5.69 Å². The van der Waals surface area contributed by atoms with Crippen molar-refractivity contribution < 1.29 is 14.0 Å². The van der Waals surface area contributed by atoms with Gasteiger partial charge in [-0.3, -0.25) is 14.6 Å². The summed E-state index contributed by atoms with van der Waals surface area (Å²) in [5.74, 6) is -1.26. The minimum atomic E-state index is -0.790. The molecule has 0 bridgehead atoms. The number of hydrogen-bond acceptors (Lipinski definition) is 4. The van der Waals surface area contributed by atoms with E-state index < -0.39 is 17.8 Å². The van der Waals surface area contributed by atoms with Crippen LogP contribution in [0.3, 0.4) is 0 Å². The Morgan fingerprint density at radius 1 is 1.21 bits per heavy atom. The molecule has 6 nitrogen and oxygen atoms in total. The van der Waals surface area contributed by atoms with Crippen LogP contribution in [-0.2, 0) is 9.59 Å². The highest BCUT2D eigenvalue weighted by Crippen LogP contribution is 2.27. The Kier molecular flexibility index (Phi) is 5.44. The third kappa shape index (κ3) is 3.74. The van der Waals surface area contributed by atoms with E-state index in [9.17, 15) is 14.0 Å². The highest BCUT2D eigenvalue weighted by atomic mass is 19.1. The number of nitrogens with two attached hydrogens (primary N) is 1. The largest absolute Gasteiger partial charge is 0.368 e. The number of carbonyl (C=O) groups is 2. The van der Waals surface area contributed by atoms with Gasteiger partial charge in [-0.2, -0.15) is 5.10 Å². The van der Waals surface area contributed by atoms with Gasteiger partial charge in [-0.05, 0) is 56.7 Å². The van der Waals surface area contributed by atoms with Crippen LogP contribution in [0, 0.1) is 19.7 Å². The van der Waals surface area contributed by atoms with E-state index in [1.807, 2.05) is 39.0 Å². The summed E-state index contributed by atoms with van der Waals surface area (Å²) < 4.78 is 13.2. The Bertz CT molecular complexity index is 940. The Morgan fingerprint density at radius 2 is 1.89 bits per heavy atom. The van der Waals surface area contributed by atoms with Crippen molar-refractivity contribution >= 4 is 28.9 Å². The molecular formula is C21H23FN4O2. The topological polar surface area (TPSA) is 79.0 Å². The summed E-state index contributed by atoms with van der Waals surface area (Å²) in [6, 6.07) is 10.6. The lowest BCUT2D eigenvalue weighted by Gasteiger charge is -2.23. The number of aryl methyl sites for hydroxylation is 2. The molecule has 1 heterocycles. The second-order valence-electron chi connectivity index (χ2n) is 6.83. The number of hydrogen-bond donors (Lipinski definition) is 1. The number of nitrogens with zero attached hydrogens (tertiary/aromatic N) is 3. The average Bonchev–Trinajstić information content (AvgIpc) is 3.10. The van der Waals surface area contributed by atoms with Gasteiger partial charge in [-0.15, -0.1) is 0 Å². The maximum atomic E-state index is 13.2. The summed E-state index contributed by atoms with van der Waals surface area (Å²) in [7, 11) is 0. The van der Waals surface area contributed by atoms with Crippen molar-refractivity contribution in [3.05, 3.63) is 59.4 Å². The van der Waals surface area contributed by atoms with E-state index in [-0.39, 0.29) is 18.0 Å². The molecule has 0 aromatic heterocycles. The number of anilines is 2. The number of amides is 2. The van der Waals surface area contributed by atoms with E-state index in [2.05, 4.69) is 5.10 Å². The highest BCUT2D eigenvalue weighted by molar-refractivity contribution is 6.45. The minimum absolute atomic E-state index is 0.104. The van der Waals surface area contributed by atoms with Crippen molar-refractivity contribution in [3.63, 3.8) is 0 Å². The molecule has 0 aliphatic carbocycles. The fourth-order valence-corrected chi connectivity index (χ4v) is 3.38. The lowest BCUT2D eigenvalue weighted by molar-refractivity contribution is -0.119. The lowest BCUT2D eigenvalue weighted by Crippen LogP contribution is -2.40. The number of rotatable bonds is 5. The molecule has 0 saturated heterocycles. The van der Waals surface area contributed by atoms with Crippen LogP contribution in [0.1, 0.15) is 24.5 Å². The zero-order chi connectivity index (χ0) is 20.4. The van der Waals surface area contributed by atoms with Gasteiger partial charge in [0.1, 0.15) is 17.6 Å². The van der Waals surface area contributed by atoms with Crippen LogP contribution in [0.15, 0.2) is 47.6 Å². The third-order valence-electron chi connectivity index (χ3n) is 4.78. The van der Waals surface area contributed by atoms with Crippen LogP contribution in [0.4, 0.5) is 15.8 Å². The van der Waals surface area contributed by atoms with Crippen LogP contribution in [0.5, 0.6) is 0 Å². The van der Waals surface area contributed by atoms with Gasteiger partial charge in [-0.25, -0.2) is 4.39 Å². The van der Waals surface area contributed by atoms with Crippen LogP contribution in [0.2, 0.25) is 0 Å². The van der Waals surface area contributed by atoms with Crippen LogP contribution >= 0.6 is 0 Å². The Labute approximate surface area is 163 Å². The normalized spacial score (nSPS) is 16.1. The third-order valence-corrected chi connectivity index (χ3v) is 4.78. The predicted octanol–water partition coefficient (Wildman–Crippen LogP) is 2.92. The van der Waals surface area contributed by atoms with Gasteiger partial charge < -0.3 is 10.6 Å². The molecule has 1 unspecified atom stereocenters. The Balaban J connectivity index is 1.94. The monoisotopic (exact) mass is 382 g/mol. The molecule has 3 rings (SSSR count). The van der Waals surface area contributed by atoms with Gasteiger partial charge in [-0.1, -0.05) is 17.7 Å². The van der Waals surface area contributed by atoms with Crippen molar-refractivity contribution in [3.8, 4) is 0 Å². The molecule has 0 fully saturated rings. The summed E-state index contributed by atoms with van der Waals surface area (Å²) in [6.07, 6.45) is 0.104. The molecule has 1 aliphatic rings. The van der Waals surface area contributed by atoms with E-state index in [1.165, 1.54) is 29.3 Å². The SMILES string of the molecule is CCN(C(=O)C1=NN(c2ccc(F)cc2)C(C(N)=O)C1)c1ccc(C)cc1C. The first kappa shape index (κ1) is 19.5. The van der Waals surface area contributed by atoms with E-state index in [0.29, 0.717) is 12.2 Å². The van der Waals surface area contributed by atoms with Gasteiger partial charge in [0.25, 0.3) is 5.91 Å². The summed E-state index contributed by atoms with van der Waals surface area (Å²) in [5.41, 5.74) is 9.17. The molecule has 0 spiro atoms. The standard InChI is InChI=1S/C21H23FN4O2/c1-4-25(18-10-5-13(2)11-14(18)3)21(28)17-12-19(20(23)27)26(24-17)16-8-6-15(22)7-9-16/h5-11,19H,4,12H2,1-3H3,(H2,23,27). The maximum absolute atomic E-state index is 13.2. The number of carbonyl (C=O) groups excluding carboxylic acids is 2. The van der Waals surface area contributed by atoms with Gasteiger partial charge in [0.15, 0.2) is 0 Å². The quantitative estimate of drug-likeness (QED) is 0.864. The number of halogens is 1. The first-order valence-corrected chi connectivity index (χ1v) is 9.12. The zero-order valence-electron chi connectivity index (χ0n) is 16.1.